The summed E-state index contributed by atoms with van der Waals surface area (Å²) in [7, 11) is 0. The van der Waals surface area contributed by atoms with Gasteiger partial charge in [0.15, 0.2) is 0 Å². The lowest BCUT2D eigenvalue weighted by molar-refractivity contribution is 0.188. The van der Waals surface area contributed by atoms with Crippen molar-refractivity contribution in [3.63, 3.8) is 0 Å². The summed E-state index contributed by atoms with van der Waals surface area (Å²) in [5.74, 6) is 4.25. The van der Waals surface area contributed by atoms with Gasteiger partial charge in [0.05, 0.1) is 18.2 Å². The number of aliphatic hydroxyl groups is 1. The maximum atomic E-state index is 9.82. The standard InChI is InChI=1S/C24H28N4O3/c1-24(2,3)20-12-26-22(27-20)15-10-14-11-16(4-6-18(14)30-13-15)31-19-8-9-25-23-17(19)5-7-21(29)28-23/h4,6,8-9,11-12,15,21,29H,5,7,10,13H2,1-3H3,(H,25,28)(H,26,27). The number of ether oxygens (including phenoxy) is 2. The monoisotopic (exact) mass is 420 g/mol. The van der Waals surface area contributed by atoms with Crippen molar-refractivity contribution >= 4 is 5.82 Å². The molecule has 2 aliphatic rings. The molecule has 0 aliphatic carbocycles. The van der Waals surface area contributed by atoms with Crippen LogP contribution in [0.2, 0.25) is 0 Å². The Morgan fingerprint density at radius 1 is 1.23 bits per heavy atom. The van der Waals surface area contributed by atoms with Crippen LogP contribution in [-0.4, -0.2) is 32.9 Å². The zero-order chi connectivity index (χ0) is 21.6. The second kappa shape index (κ2) is 7.57. The molecule has 7 heteroatoms. The first kappa shape index (κ1) is 19.9. The number of nitrogens with zero attached hydrogens (tertiary/aromatic N) is 2. The van der Waals surface area contributed by atoms with Crippen LogP contribution in [0.25, 0.3) is 0 Å². The highest BCUT2D eigenvalue weighted by atomic mass is 16.5. The molecule has 0 fully saturated rings. The molecule has 0 amide bonds. The summed E-state index contributed by atoms with van der Waals surface area (Å²) in [6, 6.07) is 7.82. The van der Waals surface area contributed by atoms with Gasteiger partial charge in [-0.05, 0) is 49.1 Å². The normalized spacial score (nSPS) is 20.3. The van der Waals surface area contributed by atoms with Crippen LogP contribution in [0.3, 0.4) is 0 Å². The van der Waals surface area contributed by atoms with Gasteiger partial charge in [0.25, 0.3) is 0 Å². The molecule has 31 heavy (non-hydrogen) atoms. The van der Waals surface area contributed by atoms with E-state index in [1.54, 1.807) is 6.20 Å². The van der Waals surface area contributed by atoms with Gasteiger partial charge in [-0.15, -0.1) is 0 Å². The number of nitrogens with one attached hydrogen (secondary N) is 2. The minimum atomic E-state index is -0.562. The Bertz CT molecular complexity index is 1100. The third-order valence-electron chi connectivity index (χ3n) is 5.90. The highest BCUT2D eigenvalue weighted by molar-refractivity contribution is 5.55. The zero-order valence-corrected chi connectivity index (χ0v) is 18.1. The molecule has 1 aromatic carbocycles. The van der Waals surface area contributed by atoms with E-state index in [1.165, 1.54) is 0 Å². The quantitative estimate of drug-likeness (QED) is 0.585. The number of aromatic nitrogens is 3. The average Bonchev–Trinajstić information content (AvgIpc) is 3.24. The van der Waals surface area contributed by atoms with Crippen LogP contribution in [0, 0.1) is 0 Å². The number of aliphatic hydroxyl groups excluding tert-OH is 1. The summed E-state index contributed by atoms with van der Waals surface area (Å²) < 4.78 is 12.3. The molecule has 0 radical (unpaired) electrons. The molecule has 0 saturated carbocycles. The van der Waals surface area contributed by atoms with Crippen LogP contribution in [0.1, 0.15) is 55.8 Å². The van der Waals surface area contributed by atoms with Gasteiger partial charge in [0.1, 0.15) is 35.1 Å². The van der Waals surface area contributed by atoms with Gasteiger partial charge in [-0.3, -0.25) is 0 Å². The van der Waals surface area contributed by atoms with E-state index in [4.69, 9.17) is 14.5 Å². The summed E-state index contributed by atoms with van der Waals surface area (Å²) in [5, 5.41) is 12.8. The average molecular weight is 421 g/mol. The van der Waals surface area contributed by atoms with E-state index in [0.29, 0.717) is 18.8 Å². The number of H-pyrrole nitrogens is 1. The Morgan fingerprint density at radius 3 is 2.90 bits per heavy atom. The van der Waals surface area contributed by atoms with Crippen LogP contribution in [0.5, 0.6) is 17.2 Å². The van der Waals surface area contributed by atoms with Crippen molar-refractivity contribution in [3.05, 3.63) is 59.3 Å². The fraction of sp³-hybridized carbons (Fsp3) is 0.417. The van der Waals surface area contributed by atoms with Crippen molar-refractivity contribution < 1.29 is 14.6 Å². The fourth-order valence-electron chi connectivity index (χ4n) is 4.11. The molecule has 0 spiro atoms. The highest BCUT2D eigenvalue weighted by Crippen LogP contribution is 2.38. The lowest BCUT2D eigenvalue weighted by Gasteiger charge is -2.25. The minimum absolute atomic E-state index is 0.0117. The van der Waals surface area contributed by atoms with Crippen LogP contribution in [-0.2, 0) is 18.3 Å². The molecule has 0 bridgehead atoms. The molecule has 2 aromatic heterocycles. The van der Waals surface area contributed by atoms with E-state index >= 15 is 0 Å². The maximum Gasteiger partial charge on any atom is 0.135 e. The van der Waals surface area contributed by atoms with Gasteiger partial charge >= 0.3 is 0 Å². The van der Waals surface area contributed by atoms with Crippen molar-refractivity contribution in [2.45, 2.75) is 57.6 Å². The molecule has 3 aromatic rings. The summed E-state index contributed by atoms with van der Waals surface area (Å²) >= 11 is 0. The predicted molar refractivity (Wildman–Crippen MR) is 118 cm³/mol. The Hall–Kier alpha value is -3.06. The second-order valence-corrected chi connectivity index (χ2v) is 9.34. The number of fused-ring (bicyclic) bond motifs is 2. The number of pyridine rings is 1. The van der Waals surface area contributed by atoms with Gasteiger partial charge in [-0.2, -0.15) is 0 Å². The topological polar surface area (TPSA) is 92.3 Å². The van der Waals surface area contributed by atoms with E-state index in [0.717, 1.165) is 52.7 Å². The van der Waals surface area contributed by atoms with Crippen molar-refractivity contribution in [1.82, 2.24) is 15.0 Å². The van der Waals surface area contributed by atoms with E-state index in [9.17, 15) is 5.11 Å². The molecule has 162 valence electrons. The molecule has 7 nitrogen and oxygen atoms in total. The van der Waals surface area contributed by atoms with E-state index in [1.807, 2.05) is 30.5 Å². The largest absolute Gasteiger partial charge is 0.493 e. The van der Waals surface area contributed by atoms with Gasteiger partial charge in [-0.25, -0.2) is 9.97 Å². The Labute approximate surface area is 181 Å². The smallest absolute Gasteiger partial charge is 0.135 e. The third kappa shape index (κ3) is 3.97. The fourth-order valence-corrected chi connectivity index (χ4v) is 4.11. The molecular weight excluding hydrogens is 392 g/mol. The number of imidazole rings is 1. The van der Waals surface area contributed by atoms with Crippen LogP contribution in [0.15, 0.2) is 36.7 Å². The first-order chi connectivity index (χ1) is 14.9. The van der Waals surface area contributed by atoms with Crippen molar-refractivity contribution in [1.29, 1.82) is 0 Å². The summed E-state index contributed by atoms with van der Waals surface area (Å²) in [4.78, 5) is 12.5. The van der Waals surface area contributed by atoms with E-state index < -0.39 is 6.23 Å². The minimum Gasteiger partial charge on any atom is -0.493 e. The SMILES string of the molecule is CC(C)(C)c1c[nH]c(C2COc3ccc(Oc4ccnc5c4CCC(O)N5)cc3C2)n1. The molecule has 5 rings (SSSR count). The Balaban J connectivity index is 1.37. The number of aromatic amines is 1. The van der Waals surface area contributed by atoms with E-state index in [-0.39, 0.29) is 11.3 Å². The molecule has 2 aliphatic heterocycles. The Kier molecular flexibility index (Phi) is 4.85. The number of hydrogen-bond acceptors (Lipinski definition) is 6. The molecule has 2 atom stereocenters. The van der Waals surface area contributed by atoms with Crippen LogP contribution < -0.4 is 14.8 Å². The second-order valence-electron chi connectivity index (χ2n) is 9.34. The lowest BCUT2D eigenvalue weighted by Crippen LogP contribution is -2.25. The van der Waals surface area contributed by atoms with E-state index in [2.05, 4.69) is 36.1 Å². The van der Waals surface area contributed by atoms with Crippen molar-refractivity contribution in [2.75, 3.05) is 11.9 Å². The molecule has 4 heterocycles. The Morgan fingerprint density at radius 2 is 2.10 bits per heavy atom. The first-order valence-electron chi connectivity index (χ1n) is 10.8. The molecule has 0 saturated heterocycles. The first-order valence-corrected chi connectivity index (χ1v) is 10.8. The summed E-state index contributed by atoms with van der Waals surface area (Å²) in [6.45, 7) is 7.10. The molecule has 2 unspecified atom stereocenters. The zero-order valence-electron chi connectivity index (χ0n) is 18.1. The van der Waals surface area contributed by atoms with Gasteiger partial charge in [0, 0.05) is 23.4 Å². The van der Waals surface area contributed by atoms with Gasteiger partial charge in [0.2, 0.25) is 0 Å². The predicted octanol–water partition coefficient (Wildman–Crippen LogP) is 4.29. The number of rotatable bonds is 3. The molecule has 3 N–H and O–H groups in total. The van der Waals surface area contributed by atoms with Crippen molar-refractivity contribution in [2.24, 2.45) is 0 Å². The highest BCUT2D eigenvalue weighted by Gasteiger charge is 2.27. The van der Waals surface area contributed by atoms with Crippen LogP contribution in [0.4, 0.5) is 5.82 Å². The number of hydrogen-bond donors (Lipinski definition) is 3. The number of benzene rings is 1. The van der Waals surface area contributed by atoms with Crippen molar-refractivity contribution in [3.8, 4) is 17.2 Å². The van der Waals surface area contributed by atoms with Gasteiger partial charge in [-0.1, -0.05) is 20.8 Å². The molecular formula is C24H28N4O3. The maximum absolute atomic E-state index is 9.82. The van der Waals surface area contributed by atoms with Crippen LogP contribution >= 0.6 is 0 Å². The lowest BCUT2D eigenvalue weighted by atomic mass is 9.93. The van der Waals surface area contributed by atoms with Gasteiger partial charge < -0.3 is 24.9 Å². The summed E-state index contributed by atoms with van der Waals surface area (Å²) in [5.41, 5.74) is 3.17. The summed E-state index contributed by atoms with van der Waals surface area (Å²) in [6.07, 6.45) is 5.33. The third-order valence-corrected chi connectivity index (χ3v) is 5.90. The number of anilines is 1.